The predicted molar refractivity (Wildman–Crippen MR) is 88.6 cm³/mol. The summed E-state index contributed by atoms with van der Waals surface area (Å²) in [7, 11) is 0. The number of benzene rings is 1. The van der Waals surface area contributed by atoms with Crippen LogP contribution in [0.4, 0.5) is 0 Å². The van der Waals surface area contributed by atoms with Gasteiger partial charge in [0.1, 0.15) is 0 Å². The minimum Gasteiger partial charge on any atom is -0.391 e. The van der Waals surface area contributed by atoms with Crippen LogP contribution in [-0.2, 0) is 12.8 Å². The van der Waals surface area contributed by atoms with Gasteiger partial charge in [0.2, 0.25) is 0 Å². The smallest absolute Gasteiger partial charge is 0.0704 e. The summed E-state index contributed by atoms with van der Waals surface area (Å²) >= 11 is 0. The van der Waals surface area contributed by atoms with Gasteiger partial charge in [0.25, 0.3) is 0 Å². The Morgan fingerprint density at radius 1 is 1.05 bits per heavy atom. The van der Waals surface area contributed by atoms with Crippen molar-refractivity contribution in [1.82, 2.24) is 10.3 Å². The quantitative estimate of drug-likeness (QED) is 0.787. The van der Waals surface area contributed by atoms with E-state index in [1.165, 1.54) is 18.4 Å². The van der Waals surface area contributed by atoms with E-state index in [1.807, 2.05) is 36.5 Å². The molecule has 3 rings (SSSR count). The highest BCUT2D eigenvalue weighted by atomic mass is 16.3. The zero-order valence-corrected chi connectivity index (χ0v) is 12.9. The largest absolute Gasteiger partial charge is 0.391 e. The highest BCUT2D eigenvalue weighted by molar-refractivity contribution is 5.15. The van der Waals surface area contributed by atoms with Gasteiger partial charge in [-0.1, -0.05) is 36.4 Å². The fourth-order valence-corrected chi connectivity index (χ4v) is 2.89. The van der Waals surface area contributed by atoms with E-state index in [9.17, 15) is 5.11 Å². The summed E-state index contributed by atoms with van der Waals surface area (Å²) in [4.78, 5) is 4.42. The second-order valence-corrected chi connectivity index (χ2v) is 6.22. The molecule has 2 atom stereocenters. The molecule has 1 heterocycles. The van der Waals surface area contributed by atoms with E-state index >= 15 is 0 Å². The predicted octanol–water partition coefficient (Wildman–Crippen LogP) is 2.60. The molecule has 1 aromatic heterocycles. The molecule has 0 saturated heterocycles. The summed E-state index contributed by atoms with van der Waals surface area (Å²) in [5.74, 6) is 0.742. The fourth-order valence-electron chi connectivity index (χ4n) is 2.89. The average molecular weight is 296 g/mol. The van der Waals surface area contributed by atoms with Crippen molar-refractivity contribution in [1.29, 1.82) is 0 Å². The van der Waals surface area contributed by atoms with Crippen molar-refractivity contribution in [3.05, 3.63) is 66.0 Å². The summed E-state index contributed by atoms with van der Waals surface area (Å²) in [6.45, 7) is 0.642. The Labute approximate surface area is 132 Å². The maximum atomic E-state index is 10.2. The molecule has 1 aromatic carbocycles. The molecule has 3 heteroatoms. The summed E-state index contributed by atoms with van der Waals surface area (Å²) in [5, 5.41) is 13.8. The highest BCUT2D eigenvalue weighted by Gasteiger charge is 2.31. The summed E-state index contributed by atoms with van der Waals surface area (Å²) in [6.07, 6.45) is 5.74. The molecule has 2 unspecified atom stereocenters. The highest BCUT2D eigenvalue weighted by Crippen LogP contribution is 2.33. The van der Waals surface area contributed by atoms with Crippen LogP contribution in [0.2, 0.25) is 0 Å². The lowest BCUT2D eigenvalue weighted by Crippen LogP contribution is -2.39. The monoisotopic (exact) mass is 296 g/mol. The number of pyridine rings is 1. The van der Waals surface area contributed by atoms with Gasteiger partial charge in [-0.25, -0.2) is 0 Å². The summed E-state index contributed by atoms with van der Waals surface area (Å²) in [5.41, 5.74) is 2.31. The first-order valence-corrected chi connectivity index (χ1v) is 8.16. The maximum Gasteiger partial charge on any atom is 0.0704 e. The second-order valence-electron chi connectivity index (χ2n) is 6.22. The second kappa shape index (κ2) is 7.52. The third-order valence-electron chi connectivity index (χ3n) is 4.28. The molecule has 3 nitrogen and oxygen atoms in total. The molecule has 0 bridgehead atoms. The maximum absolute atomic E-state index is 10.2. The van der Waals surface area contributed by atoms with Crippen LogP contribution in [-0.4, -0.2) is 28.8 Å². The van der Waals surface area contributed by atoms with E-state index in [0.717, 1.165) is 18.0 Å². The minimum absolute atomic E-state index is 0.340. The van der Waals surface area contributed by atoms with Crippen LogP contribution in [0.5, 0.6) is 0 Å². The third kappa shape index (κ3) is 4.65. The van der Waals surface area contributed by atoms with E-state index in [0.29, 0.717) is 19.0 Å². The van der Waals surface area contributed by atoms with Gasteiger partial charge < -0.3 is 10.4 Å². The molecule has 0 spiro atoms. The third-order valence-corrected chi connectivity index (χ3v) is 4.28. The van der Waals surface area contributed by atoms with Crippen molar-refractivity contribution < 1.29 is 5.11 Å². The van der Waals surface area contributed by atoms with Gasteiger partial charge in [-0.2, -0.15) is 0 Å². The molecule has 0 aliphatic heterocycles. The Morgan fingerprint density at radius 3 is 2.50 bits per heavy atom. The molecule has 2 aromatic rings. The average Bonchev–Trinajstić information content (AvgIpc) is 3.38. The molecule has 1 aliphatic carbocycles. The minimum atomic E-state index is -0.340. The van der Waals surface area contributed by atoms with Crippen LogP contribution in [0.15, 0.2) is 54.7 Å². The zero-order chi connectivity index (χ0) is 15.2. The van der Waals surface area contributed by atoms with E-state index in [4.69, 9.17) is 0 Å². The number of hydrogen-bond acceptors (Lipinski definition) is 3. The molecule has 1 saturated carbocycles. The van der Waals surface area contributed by atoms with Gasteiger partial charge in [-0.3, -0.25) is 4.98 Å². The van der Waals surface area contributed by atoms with Crippen LogP contribution in [0.1, 0.15) is 24.1 Å². The molecule has 2 N–H and O–H groups in total. The number of aliphatic hydroxyl groups is 1. The first-order chi connectivity index (χ1) is 10.8. The lowest BCUT2D eigenvalue weighted by atomic mass is 10.0. The van der Waals surface area contributed by atoms with Crippen LogP contribution in [0.25, 0.3) is 0 Å². The van der Waals surface area contributed by atoms with Gasteiger partial charge in [-0.15, -0.1) is 0 Å². The van der Waals surface area contributed by atoms with Crippen molar-refractivity contribution in [3.8, 4) is 0 Å². The van der Waals surface area contributed by atoms with E-state index in [1.54, 1.807) is 0 Å². The van der Waals surface area contributed by atoms with Gasteiger partial charge in [-0.05, 0) is 42.9 Å². The number of aliphatic hydroxyl groups excluding tert-OH is 1. The van der Waals surface area contributed by atoms with Crippen molar-refractivity contribution in [2.45, 2.75) is 37.8 Å². The normalized spacial score (nSPS) is 17.1. The van der Waals surface area contributed by atoms with E-state index < -0.39 is 0 Å². The van der Waals surface area contributed by atoms with E-state index in [-0.39, 0.29) is 6.10 Å². The zero-order valence-electron chi connectivity index (χ0n) is 12.9. The molecule has 1 fully saturated rings. The number of nitrogens with zero attached hydrogens (tertiary/aromatic N) is 1. The molecule has 22 heavy (non-hydrogen) atoms. The first-order valence-electron chi connectivity index (χ1n) is 8.16. The van der Waals surface area contributed by atoms with Crippen LogP contribution < -0.4 is 5.32 Å². The number of aromatic nitrogens is 1. The Balaban J connectivity index is 1.49. The topological polar surface area (TPSA) is 45.1 Å². The lowest BCUT2D eigenvalue weighted by molar-refractivity contribution is 0.165. The van der Waals surface area contributed by atoms with Crippen LogP contribution >= 0.6 is 0 Å². The molecular weight excluding hydrogens is 272 g/mol. The van der Waals surface area contributed by atoms with Crippen molar-refractivity contribution in [3.63, 3.8) is 0 Å². The standard InChI is InChI=1S/C19H24N2O/c22-18(12-15-6-2-1-3-7-15)14-21-19(16-9-10-16)13-17-8-4-5-11-20-17/h1-8,11,16,18-19,21-22H,9-10,12-14H2. The fraction of sp³-hybridized carbons (Fsp3) is 0.421. The summed E-state index contributed by atoms with van der Waals surface area (Å²) < 4.78 is 0. The Kier molecular flexibility index (Phi) is 5.20. The first kappa shape index (κ1) is 15.2. The van der Waals surface area contributed by atoms with Crippen molar-refractivity contribution in [2.75, 3.05) is 6.54 Å². The number of rotatable bonds is 8. The number of hydrogen-bond donors (Lipinski definition) is 2. The SMILES string of the molecule is OC(CNC(Cc1ccccn1)C1CC1)Cc1ccccc1. The molecule has 0 amide bonds. The summed E-state index contributed by atoms with van der Waals surface area (Å²) in [6, 6.07) is 16.7. The number of nitrogens with one attached hydrogen (secondary N) is 1. The van der Waals surface area contributed by atoms with Crippen molar-refractivity contribution in [2.24, 2.45) is 5.92 Å². The van der Waals surface area contributed by atoms with Crippen LogP contribution in [0.3, 0.4) is 0 Å². The van der Waals surface area contributed by atoms with E-state index in [2.05, 4.69) is 28.5 Å². The molecule has 116 valence electrons. The van der Waals surface area contributed by atoms with Crippen LogP contribution in [0, 0.1) is 5.92 Å². The Morgan fingerprint density at radius 2 is 1.82 bits per heavy atom. The van der Waals surface area contributed by atoms with Crippen molar-refractivity contribution >= 4 is 0 Å². The molecular formula is C19H24N2O. The lowest BCUT2D eigenvalue weighted by Gasteiger charge is -2.20. The molecule has 0 radical (unpaired) electrons. The Hall–Kier alpha value is -1.71. The van der Waals surface area contributed by atoms with Gasteiger partial charge in [0, 0.05) is 30.9 Å². The van der Waals surface area contributed by atoms with Gasteiger partial charge in [0.05, 0.1) is 6.10 Å². The Bertz CT molecular complexity index is 554. The van der Waals surface area contributed by atoms with Gasteiger partial charge in [0.15, 0.2) is 0 Å². The van der Waals surface area contributed by atoms with Gasteiger partial charge >= 0.3 is 0 Å². The molecule has 1 aliphatic rings.